The Morgan fingerprint density at radius 1 is 1.19 bits per heavy atom. The molecule has 5 rings (SSSR count). The SMILES string of the molecule is C[C@H]1CCc2c(ccc(-c3c[n+](C)[nH]n3)c2Oc2ccc(F)c(F)c2)N1C(=O)C1CC1. The third-order valence-electron chi connectivity index (χ3n) is 5.94. The summed E-state index contributed by atoms with van der Waals surface area (Å²) in [5.41, 5.74) is 3.06. The van der Waals surface area contributed by atoms with Gasteiger partial charge in [-0.05, 0) is 56.9 Å². The molecule has 2 aliphatic rings. The van der Waals surface area contributed by atoms with Crippen molar-refractivity contribution in [3.8, 4) is 22.8 Å². The van der Waals surface area contributed by atoms with Gasteiger partial charge in [0, 0.05) is 28.7 Å². The van der Waals surface area contributed by atoms with E-state index < -0.39 is 11.6 Å². The molecule has 0 saturated heterocycles. The standard InChI is InChI=1S/C23H22F2N4O2/c1-13-3-7-17-21(29(13)23(30)14-4-5-14)10-8-16(20-12-28(2)27-26-20)22(17)31-15-6-9-18(24)19(25)11-15/h6,8-14H,3-5,7H2,1-2H3/p+1/t13-/m0/s1. The fraction of sp³-hybridized carbons (Fsp3) is 0.348. The Labute approximate surface area is 178 Å². The Kier molecular flexibility index (Phi) is 4.72. The first-order valence-electron chi connectivity index (χ1n) is 10.5. The first-order valence-corrected chi connectivity index (χ1v) is 10.5. The van der Waals surface area contributed by atoms with Crippen molar-refractivity contribution in [2.75, 3.05) is 4.90 Å². The number of benzene rings is 2. The number of halogens is 2. The van der Waals surface area contributed by atoms with Gasteiger partial charge in [-0.25, -0.2) is 8.78 Å². The normalized spacial score (nSPS) is 18.1. The van der Waals surface area contributed by atoms with Crippen LogP contribution in [-0.2, 0) is 18.3 Å². The van der Waals surface area contributed by atoms with Crippen molar-refractivity contribution in [3.05, 3.63) is 53.7 Å². The number of carbonyl (C=O) groups is 1. The summed E-state index contributed by atoms with van der Waals surface area (Å²) >= 11 is 0. The summed E-state index contributed by atoms with van der Waals surface area (Å²) in [7, 11) is 1.82. The topological polar surface area (TPSA) is 62.1 Å². The second-order valence-electron chi connectivity index (χ2n) is 8.33. The Morgan fingerprint density at radius 3 is 2.68 bits per heavy atom. The third kappa shape index (κ3) is 3.56. The number of H-pyrrole nitrogens is 1. The van der Waals surface area contributed by atoms with Gasteiger partial charge in [-0.15, -0.1) is 0 Å². The molecule has 1 aliphatic carbocycles. The fourth-order valence-corrected chi connectivity index (χ4v) is 4.15. The quantitative estimate of drug-likeness (QED) is 0.642. The highest BCUT2D eigenvalue weighted by Gasteiger charge is 2.39. The summed E-state index contributed by atoms with van der Waals surface area (Å²) in [5.74, 6) is -0.977. The highest BCUT2D eigenvalue weighted by atomic mass is 19.2. The highest BCUT2D eigenvalue weighted by Crippen LogP contribution is 2.45. The van der Waals surface area contributed by atoms with Crippen LogP contribution in [0.4, 0.5) is 14.5 Å². The Hall–Kier alpha value is -3.29. The van der Waals surface area contributed by atoms with Crippen LogP contribution in [-0.4, -0.2) is 22.3 Å². The van der Waals surface area contributed by atoms with E-state index in [4.69, 9.17) is 4.74 Å². The minimum Gasteiger partial charge on any atom is -0.456 e. The number of nitrogens with zero attached hydrogens (tertiary/aromatic N) is 3. The van der Waals surface area contributed by atoms with E-state index in [1.54, 1.807) is 4.68 Å². The van der Waals surface area contributed by atoms with Crippen molar-refractivity contribution in [1.82, 2.24) is 10.3 Å². The Bertz CT molecular complexity index is 1170. The molecule has 3 aromatic rings. The van der Waals surface area contributed by atoms with Gasteiger partial charge in [-0.3, -0.25) is 4.79 Å². The molecule has 0 radical (unpaired) electrons. The van der Waals surface area contributed by atoms with E-state index in [1.165, 1.54) is 6.07 Å². The van der Waals surface area contributed by atoms with Crippen LogP contribution >= 0.6 is 0 Å². The summed E-state index contributed by atoms with van der Waals surface area (Å²) < 4.78 is 35.1. The molecule has 1 N–H and O–H groups in total. The van der Waals surface area contributed by atoms with Crippen molar-refractivity contribution in [3.63, 3.8) is 0 Å². The van der Waals surface area contributed by atoms with E-state index >= 15 is 0 Å². The van der Waals surface area contributed by atoms with E-state index in [0.717, 1.165) is 42.6 Å². The van der Waals surface area contributed by atoms with Crippen LogP contribution in [0.2, 0.25) is 0 Å². The number of carbonyl (C=O) groups excluding carboxylic acids is 1. The number of ether oxygens (including phenoxy) is 1. The van der Waals surface area contributed by atoms with Gasteiger partial charge in [0.15, 0.2) is 17.8 Å². The number of aromatic amines is 1. The van der Waals surface area contributed by atoms with Gasteiger partial charge in [0.25, 0.3) is 5.69 Å². The Morgan fingerprint density at radius 2 is 2.00 bits per heavy atom. The number of rotatable bonds is 4. The molecular weight excluding hydrogens is 402 g/mol. The number of fused-ring (bicyclic) bond motifs is 1. The lowest BCUT2D eigenvalue weighted by molar-refractivity contribution is -0.730. The van der Waals surface area contributed by atoms with E-state index in [1.807, 2.05) is 30.3 Å². The maximum absolute atomic E-state index is 13.8. The molecule has 31 heavy (non-hydrogen) atoms. The second kappa shape index (κ2) is 7.44. The number of amides is 1. The second-order valence-corrected chi connectivity index (χ2v) is 8.33. The van der Waals surface area contributed by atoms with E-state index in [2.05, 4.69) is 17.2 Å². The number of aromatic nitrogens is 3. The van der Waals surface area contributed by atoms with Crippen molar-refractivity contribution >= 4 is 11.6 Å². The zero-order valence-corrected chi connectivity index (χ0v) is 17.4. The highest BCUT2D eigenvalue weighted by molar-refractivity contribution is 5.99. The zero-order valence-electron chi connectivity index (χ0n) is 17.4. The molecule has 6 nitrogen and oxygen atoms in total. The van der Waals surface area contributed by atoms with Gasteiger partial charge in [-0.2, -0.15) is 4.68 Å². The van der Waals surface area contributed by atoms with Gasteiger partial charge in [0.2, 0.25) is 5.91 Å². The van der Waals surface area contributed by atoms with E-state index in [0.29, 0.717) is 23.4 Å². The van der Waals surface area contributed by atoms with Crippen molar-refractivity contribution in [2.45, 2.75) is 38.6 Å². The molecule has 1 amide bonds. The first-order chi connectivity index (χ1) is 14.9. The van der Waals surface area contributed by atoms with Crippen LogP contribution in [0, 0.1) is 17.6 Å². The number of anilines is 1. The lowest BCUT2D eigenvalue weighted by Crippen LogP contribution is -2.43. The predicted octanol–water partition coefficient (Wildman–Crippen LogP) is 4.05. The molecule has 0 bridgehead atoms. The van der Waals surface area contributed by atoms with Crippen LogP contribution in [0.3, 0.4) is 0 Å². The molecule has 160 valence electrons. The van der Waals surface area contributed by atoms with Crippen LogP contribution in [0.1, 0.15) is 31.7 Å². The first kappa shape index (κ1) is 19.7. The molecule has 8 heteroatoms. The summed E-state index contributed by atoms with van der Waals surface area (Å²) in [6.45, 7) is 2.06. The smallest absolute Gasteiger partial charge is 0.252 e. The largest absolute Gasteiger partial charge is 0.456 e. The van der Waals surface area contributed by atoms with Gasteiger partial charge in [-0.1, -0.05) is 5.21 Å². The summed E-state index contributed by atoms with van der Waals surface area (Å²) in [4.78, 5) is 14.9. The molecule has 2 aromatic carbocycles. The third-order valence-corrected chi connectivity index (χ3v) is 5.94. The van der Waals surface area contributed by atoms with E-state index in [9.17, 15) is 13.6 Å². The molecule has 1 atom stereocenters. The summed E-state index contributed by atoms with van der Waals surface area (Å²) in [6.07, 6.45) is 5.17. The molecule has 0 unspecified atom stereocenters. The minimum absolute atomic E-state index is 0.0887. The van der Waals surface area contributed by atoms with Crippen molar-refractivity contribution in [2.24, 2.45) is 13.0 Å². The van der Waals surface area contributed by atoms with Gasteiger partial charge < -0.3 is 9.64 Å². The predicted molar refractivity (Wildman–Crippen MR) is 110 cm³/mol. The van der Waals surface area contributed by atoms with Gasteiger partial charge in [0.05, 0.1) is 11.3 Å². The van der Waals surface area contributed by atoms with Crippen LogP contribution in [0.5, 0.6) is 11.5 Å². The average Bonchev–Trinajstić information content (AvgIpc) is 3.51. The molecular formula is C23H23F2N4O2+. The zero-order chi connectivity index (χ0) is 21.7. The number of nitrogens with one attached hydrogen (secondary N) is 1. The van der Waals surface area contributed by atoms with Crippen molar-refractivity contribution < 1.29 is 23.0 Å². The lowest BCUT2D eigenvalue weighted by Gasteiger charge is -2.36. The Balaban J connectivity index is 1.65. The molecule has 0 spiro atoms. The van der Waals surface area contributed by atoms with Gasteiger partial charge >= 0.3 is 0 Å². The number of hydrogen-bond donors (Lipinski definition) is 1. The molecule has 1 fully saturated rings. The number of aryl methyl sites for hydroxylation is 1. The minimum atomic E-state index is -0.978. The molecule has 2 heterocycles. The van der Waals surface area contributed by atoms with Crippen molar-refractivity contribution in [1.29, 1.82) is 0 Å². The number of hydrogen-bond acceptors (Lipinski definition) is 3. The summed E-state index contributed by atoms with van der Waals surface area (Å²) in [6, 6.07) is 7.36. The lowest BCUT2D eigenvalue weighted by atomic mass is 9.92. The molecule has 1 aliphatic heterocycles. The molecule has 1 saturated carbocycles. The average molecular weight is 425 g/mol. The van der Waals surface area contributed by atoms with Gasteiger partial charge in [0.1, 0.15) is 18.5 Å². The maximum atomic E-state index is 13.8. The van der Waals surface area contributed by atoms with Crippen LogP contribution in [0.15, 0.2) is 36.5 Å². The van der Waals surface area contributed by atoms with Crippen LogP contribution in [0.25, 0.3) is 11.3 Å². The molecule has 1 aromatic heterocycles. The monoisotopic (exact) mass is 425 g/mol. The van der Waals surface area contributed by atoms with E-state index in [-0.39, 0.29) is 23.6 Å². The summed E-state index contributed by atoms with van der Waals surface area (Å²) in [5, 5.41) is 7.17. The van der Waals surface area contributed by atoms with Crippen LogP contribution < -0.4 is 14.3 Å². The fourth-order valence-electron chi connectivity index (χ4n) is 4.15. The maximum Gasteiger partial charge on any atom is 0.252 e.